The highest BCUT2D eigenvalue weighted by Gasteiger charge is 2.26. The van der Waals surface area contributed by atoms with Gasteiger partial charge in [-0.25, -0.2) is 0 Å². The van der Waals surface area contributed by atoms with Crippen molar-refractivity contribution in [3.05, 3.63) is 40.9 Å². The van der Waals surface area contributed by atoms with Crippen molar-refractivity contribution in [3.63, 3.8) is 0 Å². The highest BCUT2D eigenvalue weighted by Crippen LogP contribution is 2.15. The molecule has 0 bridgehead atoms. The number of nitrogens with zero attached hydrogens (tertiary/aromatic N) is 3. The number of nitrogens with two attached hydrogens (primary N) is 1. The zero-order chi connectivity index (χ0) is 20.1. The minimum absolute atomic E-state index is 0.280. The minimum Gasteiger partial charge on any atom is -0.398 e. The van der Waals surface area contributed by atoms with E-state index in [-0.39, 0.29) is 6.10 Å². The number of piperazine rings is 1. The molecule has 154 valence electrons. The van der Waals surface area contributed by atoms with Gasteiger partial charge in [0.1, 0.15) is 5.84 Å². The summed E-state index contributed by atoms with van der Waals surface area (Å²) in [7, 11) is 0. The molecule has 2 aliphatic heterocycles. The Morgan fingerprint density at radius 3 is 2.54 bits per heavy atom. The van der Waals surface area contributed by atoms with Gasteiger partial charge in [-0.15, -0.1) is 0 Å². The topological polar surface area (TPSA) is 68.8 Å². The van der Waals surface area contributed by atoms with Crippen LogP contribution in [-0.4, -0.2) is 85.1 Å². The Bertz CT molecular complexity index is 683. The molecular weight excluding hydrogens is 374 g/mol. The summed E-state index contributed by atoms with van der Waals surface area (Å²) in [6.45, 7) is 11.9. The number of nitrogens with one attached hydrogen (secondary N) is 1. The third kappa shape index (κ3) is 5.70. The van der Waals surface area contributed by atoms with E-state index in [0.29, 0.717) is 22.6 Å². The molecule has 1 atom stereocenters. The SMILES string of the molecule is CC(C)N1CCOC(CN2CCN(C(=N)/C=C(\N)c3ccc(Cl)cc3)CC2)C1. The first kappa shape index (κ1) is 21.1. The molecule has 28 heavy (non-hydrogen) atoms. The van der Waals surface area contributed by atoms with Gasteiger partial charge in [-0.3, -0.25) is 15.2 Å². The van der Waals surface area contributed by atoms with E-state index in [1.807, 2.05) is 24.3 Å². The third-order valence-electron chi connectivity index (χ3n) is 5.55. The summed E-state index contributed by atoms with van der Waals surface area (Å²) >= 11 is 5.92. The second-order valence-electron chi connectivity index (χ2n) is 7.86. The molecule has 0 saturated carbocycles. The maximum absolute atomic E-state index is 8.39. The van der Waals surface area contributed by atoms with Crippen molar-refractivity contribution in [1.29, 1.82) is 5.41 Å². The van der Waals surface area contributed by atoms with Crippen LogP contribution in [-0.2, 0) is 4.74 Å². The van der Waals surface area contributed by atoms with Crippen molar-refractivity contribution >= 4 is 23.1 Å². The Morgan fingerprint density at radius 1 is 1.21 bits per heavy atom. The van der Waals surface area contributed by atoms with Crippen molar-refractivity contribution in [2.75, 3.05) is 52.4 Å². The molecule has 6 nitrogen and oxygen atoms in total. The van der Waals surface area contributed by atoms with E-state index in [9.17, 15) is 0 Å². The van der Waals surface area contributed by atoms with Crippen LogP contribution in [0.15, 0.2) is 30.3 Å². The summed E-state index contributed by atoms with van der Waals surface area (Å²) in [6, 6.07) is 7.96. The number of ether oxygens (including phenoxy) is 1. The van der Waals surface area contributed by atoms with Crippen LogP contribution in [0.2, 0.25) is 5.02 Å². The zero-order valence-electron chi connectivity index (χ0n) is 16.9. The van der Waals surface area contributed by atoms with E-state index in [2.05, 4.69) is 28.5 Å². The maximum atomic E-state index is 8.39. The van der Waals surface area contributed by atoms with E-state index < -0.39 is 0 Å². The van der Waals surface area contributed by atoms with Crippen molar-refractivity contribution < 1.29 is 4.74 Å². The summed E-state index contributed by atoms with van der Waals surface area (Å²) in [4.78, 5) is 7.02. The molecule has 3 N–H and O–H groups in total. The van der Waals surface area contributed by atoms with Crippen LogP contribution in [0.3, 0.4) is 0 Å². The van der Waals surface area contributed by atoms with E-state index >= 15 is 0 Å². The number of benzene rings is 1. The fraction of sp³-hybridized carbons (Fsp3) is 0.571. The zero-order valence-corrected chi connectivity index (χ0v) is 17.7. The maximum Gasteiger partial charge on any atom is 0.122 e. The smallest absolute Gasteiger partial charge is 0.122 e. The summed E-state index contributed by atoms with van der Waals surface area (Å²) in [5, 5.41) is 9.07. The molecule has 2 heterocycles. The predicted molar refractivity (Wildman–Crippen MR) is 116 cm³/mol. The Labute approximate surface area is 173 Å². The van der Waals surface area contributed by atoms with Gasteiger partial charge in [-0.1, -0.05) is 23.7 Å². The van der Waals surface area contributed by atoms with Crippen LogP contribution in [0.4, 0.5) is 0 Å². The second kappa shape index (κ2) is 9.74. The Morgan fingerprint density at radius 2 is 1.89 bits per heavy atom. The highest BCUT2D eigenvalue weighted by atomic mass is 35.5. The second-order valence-corrected chi connectivity index (χ2v) is 8.30. The van der Waals surface area contributed by atoms with Crippen molar-refractivity contribution in [3.8, 4) is 0 Å². The molecule has 2 saturated heterocycles. The first-order valence-electron chi connectivity index (χ1n) is 10.1. The predicted octanol–water partition coefficient (Wildman–Crippen LogP) is 2.34. The van der Waals surface area contributed by atoms with E-state index in [1.165, 1.54) is 0 Å². The Balaban J connectivity index is 1.47. The van der Waals surface area contributed by atoms with Gasteiger partial charge in [-0.2, -0.15) is 0 Å². The molecule has 0 aromatic heterocycles. The largest absolute Gasteiger partial charge is 0.398 e. The standard InChI is InChI=1S/C21H32ClN5O/c1-16(2)27-11-12-28-19(15-27)14-25-7-9-26(10-8-25)21(24)13-20(23)17-3-5-18(22)6-4-17/h3-6,13,16,19,24H,7-12,14-15,23H2,1-2H3/b20-13-,24-21?. The third-order valence-corrected chi connectivity index (χ3v) is 5.80. The molecular formula is C21H32ClN5O. The molecule has 7 heteroatoms. The number of morpholine rings is 1. The average molecular weight is 406 g/mol. The fourth-order valence-electron chi connectivity index (χ4n) is 3.75. The monoisotopic (exact) mass is 405 g/mol. The Hall–Kier alpha value is -1.60. The molecule has 2 aliphatic rings. The van der Waals surface area contributed by atoms with Crippen LogP contribution in [0.25, 0.3) is 5.70 Å². The lowest BCUT2D eigenvalue weighted by atomic mass is 10.1. The number of hydrogen-bond donors (Lipinski definition) is 2. The van der Waals surface area contributed by atoms with E-state index in [4.69, 9.17) is 27.5 Å². The molecule has 0 amide bonds. The highest BCUT2D eigenvalue weighted by molar-refractivity contribution is 6.30. The number of hydrogen-bond acceptors (Lipinski definition) is 5. The lowest BCUT2D eigenvalue weighted by Gasteiger charge is -2.40. The van der Waals surface area contributed by atoms with Crippen molar-refractivity contribution in [2.45, 2.75) is 26.0 Å². The molecule has 0 aliphatic carbocycles. The van der Waals surface area contributed by atoms with Gasteiger partial charge < -0.3 is 15.4 Å². The molecule has 1 aromatic carbocycles. The number of rotatable bonds is 5. The van der Waals surface area contributed by atoms with Crippen LogP contribution < -0.4 is 5.73 Å². The quantitative estimate of drug-likeness (QED) is 0.581. The van der Waals surface area contributed by atoms with Gasteiger partial charge in [0, 0.05) is 68.7 Å². The fourth-order valence-corrected chi connectivity index (χ4v) is 3.87. The van der Waals surface area contributed by atoms with Gasteiger partial charge in [0.15, 0.2) is 0 Å². The lowest BCUT2D eigenvalue weighted by molar-refractivity contribution is -0.0548. The van der Waals surface area contributed by atoms with Gasteiger partial charge in [0.2, 0.25) is 0 Å². The van der Waals surface area contributed by atoms with Gasteiger partial charge in [0.05, 0.1) is 12.7 Å². The number of amidine groups is 1. The van der Waals surface area contributed by atoms with Crippen LogP contribution in [0, 0.1) is 5.41 Å². The summed E-state index contributed by atoms with van der Waals surface area (Å²) in [5.41, 5.74) is 7.64. The Kier molecular flexibility index (Phi) is 7.35. The molecule has 0 spiro atoms. The normalized spacial score (nSPS) is 22.6. The number of halogens is 1. The van der Waals surface area contributed by atoms with E-state index in [1.54, 1.807) is 6.08 Å². The van der Waals surface area contributed by atoms with Crippen LogP contribution in [0.5, 0.6) is 0 Å². The van der Waals surface area contributed by atoms with Gasteiger partial charge >= 0.3 is 0 Å². The first-order chi connectivity index (χ1) is 13.4. The van der Waals surface area contributed by atoms with Gasteiger partial charge in [0.25, 0.3) is 0 Å². The van der Waals surface area contributed by atoms with Gasteiger partial charge in [-0.05, 0) is 31.5 Å². The van der Waals surface area contributed by atoms with Crippen molar-refractivity contribution in [1.82, 2.24) is 14.7 Å². The first-order valence-corrected chi connectivity index (χ1v) is 10.4. The molecule has 2 fully saturated rings. The molecule has 3 rings (SSSR count). The summed E-state index contributed by atoms with van der Waals surface area (Å²) in [5.74, 6) is 0.465. The molecule has 1 unspecified atom stereocenters. The summed E-state index contributed by atoms with van der Waals surface area (Å²) in [6.07, 6.45) is 2.02. The van der Waals surface area contributed by atoms with Crippen LogP contribution >= 0.6 is 11.6 Å². The minimum atomic E-state index is 0.280. The average Bonchev–Trinajstić information content (AvgIpc) is 2.69. The molecule has 0 radical (unpaired) electrons. The summed E-state index contributed by atoms with van der Waals surface area (Å²) < 4.78 is 5.97. The van der Waals surface area contributed by atoms with E-state index in [0.717, 1.165) is 58.0 Å². The van der Waals surface area contributed by atoms with Crippen molar-refractivity contribution in [2.24, 2.45) is 5.73 Å². The van der Waals surface area contributed by atoms with Crippen LogP contribution in [0.1, 0.15) is 19.4 Å². The molecule has 1 aromatic rings. The lowest BCUT2D eigenvalue weighted by Crippen LogP contribution is -2.54.